The predicted octanol–water partition coefficient (Wildman–Crippen LogP) is 1.97. The van der Waals surface area contributed by atoms with Gasteiger partial charge in [0.05, 0.1) is 12.1 Å². The van der Waals surface area contributed by atoms with E-state index in [0.717, 1.165) is 18.2 Å². The Morgan fingerprint density at radius 2 is 2.23 bits per heavy atom. The second kappa shape index (κ2) is 6.71. The fraction of sp³-hybridized carbons (Fsp3) is 0.562. The van der Waals surface area contributed by atoms with Gasteiger partial charge in [-0.1, -0.05) is 0 Å². The molecule has 0 saturated heterocycles. The molecule has 1 aromatic rings. The van der Waals surface area contributed by atoms with E-state index in [9.17, 15) is 13.6 Å². The van der Waals surface area contributed by atoms with Crippen LogP contribution in [0.25, 0.3) is 0 Å². The first-order valence-corrected chi connectivity index (χ1v) is 7.27. The van der Waals surface area contributed by atoms with Crippen LogP contribution in [0, 0.1) is 17.6 Å². The molecule has 3 unspecified atom stereocenters. The average molecular weight is 313 g/mol. The van der Waals surface area contributed by atoms with Crippen molar-refractivity contribution in [3.63, 3.8) is 0 Å². The summed E-state index contributed by atoms with van der Waals surface area (Å²) in [7, 11) is 1.52. The molecule has 1 fully saturated rings. The molecule has 1 saturated carbocycles. The minimum Gasteiger partial charge on any atom is -0.396 e. The first kappa shape index (κ1) is 16.8. The summed E-state index contributed by atoms with van der Waals surface area (Å²) < 4.78 is 32.0. The van der Waals surface area contributed by atoms with E-state index in [1.165, 1.54) is 7.11 Å². The summed E-state index contributed by atoms with van der Waals surface area (Å²) in [4.78, 5) is 12.3. The van der Waals surface area contributed by atoms with Crippen LogP contribution in [0.5, 0.6) is 0 Å². The third-order valence-corrected chi connectivity index (χ3v) is 4.04. The molecule has 122 valence electrons. The Kier molecular flexibility index (Phi) is 5.13. The lowest BCUT2D eigenvalue weighted by Gasteiger charge is -2.29. The summed E-state index contributed by atoms with van der Waals surface area (Å²) in [6.07, 6.45) is 0.854. The molecule has 4 nitrogen and oxygen atoms in total. The molecule has 1 aliphatic carbocycles. The van der Waals surface area contributed by atoms with Crippen molar-refractivity contribution in [2.45, 2.75) is 31.2 Å². The van der Waals surface area contributed by atoms with Gasteiger partial charge in [0.25, 0.3) is 0 Å². The molecule has 1 aliphatic rings. The van der Waals surface area contributed by atoms with E-state index in [2.05, 4.69) is 5.32 Å². The van der Waals surface area contributed by atoms with Gasteiger partial charge in [-0.25, -0.2) is 8.78 Å². The lowest BCUT2D eigenvalue weighted by atomic mass is 9.98. The normalized spacial score (nSPS) is 23.0. The molecule has 0 aromatic heterocycles. The van der Waals surface area contributed by atoms with Crippen molar-refractivity contribution in [2.75, 3.05) is 20.3 Å². The SMILES string of the molecule is COCC(C)(CCO)NC(=O)C1CC1c1cc(F)ccc1F. The predicted molar refractivity (Wildman–Crippen MR) is 77.3 cm³/mol. The van der Waals surface area contributed by atoms with Gasteiger partial charge in [0.1, 0.15) is 11.6 Å². The summed E-state index contributed by atoms with van der Waals surface area (Å²) in [6, 6.07) is 3.29. The van der Waals surface area contributed by atoms with Gasteiger partial charge in [-0.15, -0.1) is 0 Å². The standard InChI is InChI=1S/C16H21F2NO3/c1-16(5-6-20,9-22-2)19-15(21)13-8-11(13)12-7-10(17)3-4-14(12)18/h3-4,7,11,13,20H,5-6,8-9H2,1-2H3,(H,19,21). The minimum absolute atomic E-state index is 0.0766. The van der Waals surface area contributed by atoms with Crippen LogP contribution in [-0.2, 0) is 9.53 Å². The molecule has 6 heteroatoms. The second-order valence-electron chi connectivity index (χ2n) is 6.07. The Hall–Kier alpha value is -1.53. The van der Waals surface area contributed by atoms with Crippen LogP contribution in [0.1, 0.15) is 31.2 Å². The zero-order valence-corrected chi connectivity index (χ0v) is 12.7. The number of ether oxygens (including phenoxy) is 1. The number of hydrogen-bond acceptors (Lipinski definition) is 3. The maximum atomic E-state index is 13.7. The molecule has 0 spiro atoms. The second-order valence-corrected chi connectivity index (χ2v) is 6.07. The smallest absolute Gasteiger partial charge is 0.224 e. The number of benzene rings is 1. The lowest BCUT2D eigenvalue weighted by molar-refractivity contribution is -0.125. The van der Waals surface area contributed by atoms with Crippen molar-refractivity contribution in [1.29, 1.82) is 0 Å². The highest BCUT2D eigenvalue weighted by molar-refractivity contribution is 5.83. The Balaban J connectivity index is 2.02. The average Bonchev–Trinajstić information content (AvgIpc) is 3.22. The van der Waals surface area contributed by atoms with Gasteiger partial charge in [-0.05, 0) is 49.4 Å². The molecule has 22 heavy (non-hydrogen) atoms. The molecule has 3 atom stereocenters. The number of hydrogen-bond donors (Lipinski definition) is 2. The Morgan fingerprint density at radius 3 is 2.86 bits per heavy atom. The maximum absolute atomic E-state index is 13.7. The molecule has 1 aromatic carbocycles. The number of methoxy groups -OCH3 is 1. The van der Waals surface area contributed by atoms with Gasteiger partial charge >= 0.3 is 0 Å². The zero-order chi connectivity index (χ0) is 16.3. The number of halogens is 2. The third kappa shape index (κ3) is 3.81. The van der Waals surface area contributed by atoms with E-state index in [0.29, 0.717) is 12.8 Å². The maximum Gasteiger partial charge on any atom is 0.224 e. The number of amides is 1. The monoisotopic (exact) mass is 313 g/mol. The Morgan fingerprint density at radius 1 is 1.50 bits per heavy atom. The molecule has 1 amide bonds. The molecule has 2 N–H and O–H groups in total. The Labute approximate surface area is 128 Å². The van der Waals surface area contributed by atoms with Gasteiger partial charge in [0.2, 0.25) is 5.91 Å². The highest BCUT2D eigenvalue weighted by Gasteiger charge is 2.46. The van der Waals surface area contributed by atoms with Crippen LogP contribution >= 0.6 is 0 Å². The summed E-state index contributed by atoms with van der Waals surface area (Å²) in [5, 5.41) is 11.9. The Bertz CT molecular complexity index is 544. The van der Waals surface area contributed by atoms with Crippen molar-refractivity contribution < 1.29 is 23.4 Å². The molecular formula is C16H21F2NO3. The van der Waals surface area contributed by atoms with Crippen LogP contribution in [0.3, 0.4) is 0 Å². The fourth-order valence-electron chi connectivity index (χ4n) is 2.75. The van der Waals surface area contributed by atoms with Gasteiger partial charge in [0, 0.05) is 19.6 Å². The van der Waals surface area contributed by atoms with Crippen molar-refractivity contribution in [3.8, 4) is 0 Å². The lowest BCUT2D eigenvalue weighted by Crippen LogP contribution is -2.50. The quantitative estimate of drug-likeness (QED) is 0.809. The number of aliphatic hydroxyl groups is 1. The van der Waals surface area contributed by atoms with Crippen molar-refractivity contribution >= 4 is 5.91 Å². The number of aliphatic hydroxyl groups excluding tert-OH is 1. The zero-order valence-electron chi connectivity index (χ0n) is 12.7. The molecular weight excluding hydrogens is 292 g/mol. The largest absolute Gasteiger partial charge is 0.396 e. The molecule has 0 aliphatic heterocycles. The van der Waals surface area contributed by atoms with Crippen LogP contribution in [-0.4, -0.2) is 36.9 Å². The van der Waals surface area contributed by atoms with E-state index in [4.69, 9.17) is 9.84 Å². The van der Waals surface area contributed by atoms with Gasteiger partial charge in [-0.3, -0.25) is 4.79 Å². The number of rotatable bonds is 7. The summed E-state index contributed by atoms with van der Waals surface area (Å²) in [5.41, 5.74) is -0.426. The summed E-state index contributed by atoms with van der Waals surface area (Å²) in [6.45, 7) is 1.97. The molecule has 2 rings (SSSR count). The van der Waals surface area contributed by atoms with E-state index >= 15 is 0 Å². The van der Waals surface area contributed by atoms with E-state index in [1.807, 2.05) is 0 Å². The van der Waals surface area contributed by atoms with E-state index < -0.39 is 17.2 Å². The van der Waals surface area contributed by atoms with E-state index in [1.54, 1.807) is 6.92 Å². The number of carbonyl (C=O) groups excluding carboxylic acids is 1. The molecule has 0 bridgehead atoms. The summed E-state index contributed by atoms with van der Waals surface area (Å²) >= 11 is 0. The van der Waals surface area contributed by atoms with Crippen molar-refractivity contribution in [2.24, 2.45) is 5.92 Å². The van der Waals surface area contributed by atoms with Crippen LogP contribution < -0.4 is 5.32 Å². The highest BCUT2D eigenvalue weighted by atomic mass is 19.1. The fourth-order valence-corrected chi connectivity index (χ4v) is 2.75. The third-order valence-electron chi connectivity index (χ3n) is 4.04. The minimum atomic E-state index is -0.672. The van der Waals surface area contributed by atoms with Gasteiger partial charge in [-0.2, -0.15) is 0 Å². The topological polar surface area (TPSA) is 58.6 Å². The van der Waals surface area contributed by atoms with E-state index in [-0.39, 0.29) is 36.5 Å². The van der Waals surface area contributed by atoms with Crippen LogP contribution in [0.15, 0.2) is 18.2 Å². The van der Waals surface area contributed by atoms with Crippen molar-refractivity contribution in [3.05, 3.63) is 35.4 Å². The van der Waals surface area contributed by atoms with Crippen LogP contribution in [0.2, 0.25) is 0 Å². The molecule has 0 radical (unpaired) electrons. The number of carbonyl (C=O) groups is 1. The van der Waals surface area contributed by atoms with Gasteiger partial charge in [0.15, 0.2) is 0 Å². The van der Waals surface area contributed by atoms with Crippen LogP contribution in [0.4, 0.5) is 8.78 Å². The molecule has 0 heterocycles. The first-order valence-electron chi connectivity index (χ1n) is 7.27. The van der Waals surface area contributed by atoms with Crippen molar-refractivity contribution in [1.82, 2.24) is 5.32 Å². The van der Waals surface area contributed by atoms with Gasteiger partial charge < -0.3 is 15.2 Å². The summed E-state index contributed by atoms with van der Waals surface area (Å²) in [5.74, 6) is -1.88. The first-order chi connectivity index (χ1) is 10.4. The highest BCUT2D eigenvalue weighted by Crippen LogP contribution is 2.48. The number of nitrogens with one attached hydrogen (secondary N) is 1.